The molecule has 1 atom stereocenters. The van der Waals surface area contributed by atoms with Gasteiger partial charge in [0.05, 0.1) is 0 Å². The second kappa shape index (κ2) is 3.89. The number of hydrogen-bond donors (Lipinski definition) is 0. The number of ketones is 1. The molecule has 1 unspecified atom stereocenters. The summed E-state index contributed by atoms with van der Waals surface area (Å²) in [5.41, 5.74) is 0.897. The Kier molecular flexibility index (Phi) is 3.19. The van der Waals surface area contributed by atoms with Crippen LogP contribution in [0.3, 0.4) is 0 Å². The fourth-order valence-corrected chi connectivity index (χ4v) is 3.52. The summed E-state index contributed by atoms with van der Waals surface area (Å²) >= 11 is 0. The Morgan fingerprint density at radius 1 is 1.50 bits per heavy atom. The summed E-state index contributed by atoms with van der Waals surface area (Å²) in [7, 11) is -1.08. The second-order valence-corrected chi connectivity index (χ2v) is 10.8. The van der Waals surface area contributed by atoms with Gasteiger partial charge >= 0.3 is 0 Å². The molecule has 0 amide bonds. The van der Waals surface area contributed by atoms with Crippen LogP contribution in [0.25, 0.3) is 0 Å². The number of ether oxygens (including phenoxy) is 1. The van der Waals surface area contributed by atoms with Crippen molar-refractivity contribution in [2.75, 3.05) is 0 Å². The first-order valence-electron chi connectivity index (χ1n) is 5.17. The molecule has 0 radical (unpaired) electrons. The summed E-state index contributed by atoms with van der Waals surface area (Å²) in [5, 5.41) is 0. The lowest BCUT2D eigenvalue weighted by atomic mass is 10.1. The van der Waals surface area contributed by atoms with Crippen molar-refractivity contribution in [3.63, 3.8) is 0 Å². The number of carbonyl (C=O) groups is 1. The van der Waals surface area contributed by atoms with E-state index >= 15 is 0 Å². The van der Waals surface area contributed by atoms with Gasteiger partial charge in [0.15, 0.2) is 5.78 Å². The molecule has 80 valence electrons. The molecule has 1 rings (SSSR count). The molecule has 1 aliphatic heterocycles. The van der Waals surface area contributed by atoms with E-state index in [1.165, 1.54) is 0 Å². The molecule has 0 N–H and O–H groups in total. The third kappa shape index (κ3) is 2.98. The Labute approximate surface area is 87.3 Å². The maximum atomic E-state index is 11.2. The molecule has 0 aromatic rings. The highest BCUT2D eigenvalue weighted by Gasteiger charge is 2.29. The lowest BCUT2D eigenvalue weighted by molar-refractivity contribution is -0.113. The summed E-state index contributed by atoms with van der Waals surface area (Å²) in [4.78, 5) is 11.2. The SMILES string of the molecule is CC(=O)C1=C(C)OC(C[Si](C)(C)C)C1. The molecule has 0 spiro atoms. The van der Waals surface area contributed by atoms with E-state index in [1.807, 2.05) is 6.92 Å². The van der Waals surface area contributed by atoms with Gasteiger partial charge in [-0.1, -0.05) is 19.6 Å². The van der Waals surface area contributed by atoms with Crippen molar-refractivity contribution in [2.24, 2.45) is 0 Å². The fraction of sp³-hybridized carbons (Fsp3) is 0.727. The van der Waals surface area contributed by atoms with Crippen molar-refractivity contribution >= 4 is 13.9 Å². The molecule has 1 heterocycles. The van der Waals surface area contributed by atoms with Crippen LogP contribution in [0.15, 0.2) is 11.3 Å². The molecule has 0 aliphatic carbocycles. The minimum atomic E-state index is -1.08. The highest BCUT2D eigenvalue weighted by molar-refractivity contribution is 6.76. The normalized spacial score (nSPS) is 22.5. The average molecular weight is 212 g/mol. The Morgan fingerprint density at radius 3 is 2.43 bits per heavy atom. The van der Waals surface area contributed by atoms with Crippen LogP contribution in [0.5, 0.6) is 0 Å². The molecule has 0 aromatic carbocycles. The fourth-order valence-electron chi connectivity index (χ4n) is 1.92. The number of Topliss-reactive ketones (excluding diaryl/α,β-unsaturated/α-hetero) is 1. The van der Waals surface area contributed by atoms with E-state index in [0.29, 0.717) is 0 Å². The van der Waals surface area contributed by atoms with Crippen LogP contribution in [0.1, 0.15) is 20.3 Å². The molecule has 2 nitrogen and oxygen atoms in total. The molecule has 1 aliphatic rings. The van der Waals surface area contributed by atoms with Crippen LogP contribution in [0.2, 0.25) is 25.7 Å². The monoisotopic (exact) mass is 212 g/mol. The quantitative estimate of drug-likeness (QED) is 0.672. The predicted molar refractivity (Wildman–Crippen MR) is 61.0 cm³/mol. The van der Waals surface area contributed by atoms with Gasteiger partial charge in [-0.3, -0.25) is 4.79 Å². The van der Waals surface area contributed by atoms with Gasteiger partial charge in [-0.15, -0.1) is 0 Å². The first-order chi connectivity index (χ1) is 6.29. The van der Waals surface area contributed by atoms with Gasteiger partial charge in [-0.25, -0.2) is 0 Å². The van der Waals surface area contributed by atoms with Crippen molar-refractivity contribution in [1.29, 1.82) is 0 Å². The van der Waals surface area contributed by atoms with Crippen LogP contribution in [0, 0.1) is 0 Å². The lowest BCUT2D eigenvalue weighted by Crippen LogP contribution is -2.26. The van der Waals surface area contributed by atoms with E-state index in [0.717, 1.165) is 23.8 Å². The Morgan fingerprint density at radius 2 is 2.07 bits per heavy atom. The highest BCUT2D eigenvalue weighted by atomic mass is 28.3. The van der Waals surface area contributed by atoms with Crippen LogP contribution >= 0.6 is 0 Å². The topological polar surface area (TPSA) is 26.3 Å². The van der Waals surface area contributed by atoms with E-state index in [2.05, 4.69) is 19.6 Å². The maximum absolute atomic E-state index is 11.2. The van der Waals surface area contributed by atoms with Gasteiger partial charge in [-0.05, 0) is 19.9 Å². The Balaban J connectivity index is 2.58. The lowest BCUT2D eigenvalue weighted by Gasteiger charge is -2.21. The largest absolute Gasteiger partial charge is 0.495 e. The Bertz CT molecular complexity index is 274. The van der Waals surface area contributed by atoms with Crippen LogP contribution in [-0.4, -0.2) is 20.0 Å². The van der Waals surface area contributed by atoms with Crippen molar-refractivity contribution in [2.45, 2.75) is 52.1 Å². The number of hydrogen-bond acceptors (Lipinski definition) is 2. The third-order valence-corrected chi connectivity index (χ3v) is 4.15. The van der Waals surface area contributed by atoms with Crippen LogP contribution < -0.4 is 0 Å². The summed E-state index contributed by atoms with van der Waals surface area (Å²) in [6, 6.07) is 1.14. The van der Waals surface area contributed by atoms with Crippen LogP contribution in [0.4, 0.5) is 0 Å². The van der Waals surface area contributed by atoms with Gasteiger partial charge in [0, 0.05) is 20.1 Å². The first kappa shape index (κ1) is 11.5. The van der Waals surface area contributed by atoms with E-state index in [4.69, 9.17) is 4.74 Å². The maximum Gasteiger partial charge on any atom is 0.159 e. The summed E-state index contributed by atoms with van der Waals surface area (Å²) in [5.74, 6) is 1.02. The Hall–Kier alpha value is -0.573. The highest BCUT2D eigenvalue weighted by Crippen LogP contribution is 2.30. The summed E-state index contributed by atoms with van der Waals surface area (Å²) < 4.78 is 5.70. The number of carbonyl (C=O) groups excluding carboxylic acids is 1. The molecule has 0 saturated heterocycles. The van der Waals surface area contributed by atoms with E-state index < -0.39 is 8.07 Å². The van der Waals surface area contributed by atoms with E-state index in [9.17, 15) is 4.79 Å². The minimum Gasteiger partial charge on any atom is -0.495 e. The van der Waals surface area contributed by atoms with Gasteiger partial charge in [0.25, 0.3) is 0 Å². The van der Waals surface area contributed by atoms with Crippen molar-refractivity contribution in [1.82, 2.24) is 0 Å². The third-order valence-electron chi connectivity index (χ3n) is 2.47. The molecular weight excluding hydrogens is 192 g/mol. The molecule has 0 fully saturated rings. The standard InChI is InChI=1S/C11H20O2Si/c1-8(12)11-6-10(13-9(11)2)7-14(3,4)5/h10H,6-7H2,1-5H3. The van der Waals surface area contributed by atoms with Crippen LogP contribution in [-0.2, 0) is 9.53 Å². The molecule has 0 saturated carbocycles. The molecule has 3 heteroatoms. The molecule has 14 heavy (non-hydrogen) atoms. The predicted octanol–water partition coefficient (Wildman–Crippen LogP) is 2.98. The van der Waals surface area contributed by atoms with Gasteiger partial charge in [0.1, 0.15) is 11.9 Å². The van der Waals surface area contributed by atoms with Gasteiger partial charge < -0.3 is 4.74 Å². The van der Waals surface area contributed by atoms with Crippen molar-refractivity contribution in [3.05, 3.63) is 11.3 Å². The van der Waals surface area contributed by atoms with Gasteiger partial charge in [-0.2, -0.15) is 0 Å². The second-order valence-electron chi connectivity index (χ2n) is 5.30. The van der Waals surface area contributed by atoms with E-state index in [-0.39, 0.29) is 11.9 Å². The molecular formula is C11H20O2Si. The summed E-state index contributed by atoms with van der Waals surface area (Å²) in [6.07, 6.45) is 1.09. The average Bonchev–Trinajstić information content (AvgIpc) is 2.26. The first-order valence-corrected chi connectivity index (χ1v) is 8.87. The van der Waals surface area contributed by atoms with Crippen molar-refractivity contribution < 1.29 is 9.53 Å². The smallest absolute Gasteiger partial charge is 0.159 e. The zero-order valence-electron chi connectivity index (χ0n) is 9.81. The number of allylic oxidation sites excluding steroid dienone is 1. The zero-order valence-corrected chi connectivity index (χ0v) is 10.8. The van der Waals surface area contributed by atoms with E-state index in [1.54, 1.807) is 6.92 Å². The minimum absolute atomic E-state index is 0.167. The van der Waals surface area contributed by atoms with Crippen molar-refractivity contribution in [3.8, 4) is 0 Å². The molecule has 0 aromatic heterocycles. The number of rotatable bonds is 3. The van der Waals surface area contributed by atoms with Gasteiger partial charge in [0.2, 0.25) is 0 Å². The zero-order chi connectivity index (χ0) is 10.9. The molecule has 0 bridgehead atoms. The summed E-state index contributed by atoms with van der Waals surface area (Å²) in [6.45, 7) is 10.5.